The highest BCUT2D eigenvalue weighted by molar-refractivity contribution is 5.79. The van der Waals surface area contributed by atoms with Crippen LogP contribution in [0.4, 0.5) is 4.79 Å². The molecule has 0 bridgehead atoms. The molecule has 0 atom stereocenters. The Labute approximate surface area is 133 Å². The Morgan fingerprint density at radius 1 is 1.13 bits per heavy atom. The first-order valence-corrected chi connectivity index (χ1v) is 7.72. The molecule has 0 aliphatic carbocycles. The lowest BCUT2D eigenvalue weighted by molar-refractivity contribution is 0.236. The predicted octanol–water partition coefficient (Wildman–Crippen LogP) is 2.79. The van der Waals surface area contributed by atoms with Gasteiger partial charge in [0, 0.05) is 5.56 Å². The first-order chi connectivity index (χ1) is 11.3. The number of rotatable bonds is 5. The number of benzene rings is 1. The maximum Gasteiger partial charge on any atom is 0.372 e. The highest BCUT2D eigenvalue weighted by atomic mass is 16.2. The molecule has 7 nitrogen and oxygen atoms in total. The molecule has 0 fully saturated rings. The summed E-state index contributed by atoms with van der Waals surface area (Å²) in [6.45, 7) is 2.15. The molecular formula is C16H18N6O. The van der Waals surface area contributed by atoms with E-state index in [0.717, 1.165) is 47.3 Å². The van der Waals surface area contributed by atoms with Crippen LogP contribution < -0.4 is 0 Å². The van der Waals surface area contributed by atoms with Gasteiger partial charge in [-0.1, -0.05) is 60.5 Å². The van der Waals surface area contributed by atoms with E-state index in [2.05, 4.69) is 27.5 Å². The molecular weight excluding hydrogens is 292 g/mol. The molecule has 0 saturated heterocycles. The van der Waals surface area contributed by atoms with Gasteiger partial charge < -0.3 is 0 Å². The lowest BCUT2D eigenvalue weighted by atomic mass is 10.1. The zero-order chi connectivity index (χ0) is 16.1. The van der Waals surface area contributed by atoms with E-state index >= 15 is 0 Å². The first kappa shape index (κ1) is 15.1. The summed E-state index contributed by atoms with van der Waals surface area (Å²) in [4.78, 5) is 12.5. The van der Waals surface area contributed by atoms with E-state index in [1.807, 2.05) is 30.3 Å². The minimum Gasteiger partial charge on any atom is -0.243 e. The molecule has 3 aromatic rings. The molecule has 118 valence electrons. The Kier molecular flexibility index (Phi) is 4.56. The van der Waals surface area contributed by atoms with Crippen LogP contribution >= 0.6 is 0 Å². The van der Waals surface area contributed by atoms with E-state index in [1.54, 1.807) is 0 Å². The van der Waals surface area contributed by atoms with Gasteiger partial charge in [-0.05, 0) is 12.8 Å². The second-order valence-corrected chi connectivity index (χ2v) is 5.25. The second-order valence-electron chi connectivity index (χ2n) is 5.25. The molecule has 0 spiro atoms. The first-order valence-electron chi connectivity index (χ1n) is 7.72. The van der Waals surface area contributed by atoms with Crippen LogP contribution in [-0.4, -0.2) is 36.0 Å². The van der Waals surface area contributed by atoms with E-state index in [9.17, 15) is 4.79 Å². The molecule has 3 rings (SSSR count). The summed E-state index contributed by atoms with van der Waals surface area (Å²) >= 11 is 0. The molecule has 0 radical (unpaired) electrons. The molecule has 23 heavy (non-hydrogen) atoms. The minimum absolute atomic E-state index is 0.372. The lowest BCUT2D eigenvalue weighted by Crippen LogP contribution is -2.23. The monoisotopic (exact) mass is 310 g/mol. The zero-order valence-corrected chi connectivity index (χ0v) is 13.0. The quantitative estimate of drug-likeness (QED) is 0.677. The van der Waals surface area contributed by atoms with E-state index in [1.165, 1.54) is 17.1 Å². The van der Waals surface area contributed by atoms with Gasteiger partial charge in [-0.25, -0.2) is 4.79 Å². The van der Waals surface area contributed by atoms with Crippen molar-refractivity contribution in [2.24, 2.45) is 0 Å². The largest absolute Gasteiger partial charge is 0.372 e. The number of nitrogens with zero attached hydrogens (tertiary/aromatic N) is 6. The SMILES string of the molecule is CCCCCc1c(-c2ccccc2)nnn1C(=O)n1ccnn1. The molecule has 7 heteroatoms. The van der Waals surface area contributed by atoms with Gasteiger partial charge in [0.15, 0.2) is 0 Å². The number of hydrogen-bond donors (Lipinski definition) is 0. The molecule has 0 aliphatic heterocycles. The van der Waals surface area contributed by atoms with Crippen LogP contribution in [0.1, 0.15) is 31.9 Å². The summed E-state index contributed by atoms with van der Waals surface area (Å²) in [5.74, 6) is 0. The fourth-order valence-corrected chi connectivity index (χ4v) is 2.45. The Hall–Kier alpha value is -2.83. The summed E-state index contributed by atoms with van der Waals surface area (Å²) in [7, 11) is 0. The number of carbonyl (C=O) groups excluding carboxylic acids is 1. The third-order valence-corrected chi connectivity index (χ3v) is 3.63. The van der Waals surface area contributed by atoms with Crippen molar-refractivity contribution in [1.29, 1.82) is 0 Å². The van der Waals surface area contributed by atoms with Crippen molar-refractivity contribution in [3.8, 4) is 11.3 Å². The van der Waals surface area contributed by atoms with Crippen molar-refractivity contribution in [3.63, 3.8) is 0 Å². The van der Waals surface area contributed by atoms with Crippen LogP contribution in [0.2, 0.25) is 0 Å². The van der Waals surface area contributed by atoms with Gasteiger partial charge in [0.25, 0.3) is 0 Å². The van der Waals surface area contributed by atoms with Gasteiger partial charge in [-0.3, -0.25) is 0 Å². The van der Waals surface area contributed by atoms with Gasteiger partial charge in [0.1, 0.15) is 5.69 Å². The average Bonchev–Trinajstić information content (AvgIpc) is 3.25. The van der Waals surface area contributed by atoms with Crippen LogP contribution in [0, 0.1) is 0 Å². The molecule has 0 saturated carbocycles. The van der Waals surface area contributed by atoms with Crippen LogP contribution in [-0.2, 0) is 6.42 Å². The Bertz CT molecular complexity index is 763. The number of unbranched alkanes of at least 4 members (excludes halogenated alkanes) is 2. The zero-order valence-electron chi connectivity index (χ0n) is 13.0. The normalized spacial score (nSPS) is 10.8. The van der Waals surface area contributed by atoms with Crippen LogP contribution in [0.3, 0.4) is 0 Å². The molecule has 0 unspecified atom stereocenters. The lowest BCUT2D eigenvalue weighted by Gasteiger charge is -2.06. The molecule has 0 amide bonds. The van der Waals surface area contributed by atoms with Crippen LogP contribution in [0.25, 0.3) is 11.3 Å². The standard InChI is InChI=1S/C16H18N6O/c1-2-3-5-10-14-15(13-8-6-4-7-9-13)18-20-22(14)16(23)21-12-11-17-19-21/h4,6-9,11-12H,2-3,5,10H2,1H3. The molecule has 2 heterocycles. The van der Waals surface area contributed by atoms with Crippen molar-refractivity contribution in [1.82, 2.24) is 30.0 Å². The Morgan fingerprint density at radius 3 is 2.65 bits per heavy atom. The van der Waals surface area contributed by atoms with E-state index in [0.29, 0.717) is 0 Å². The summed E-state index contributed by atoms with van der Waals surface area (Å²) < 4.78 is 2.49. The topological polar surface area (TPSA) is 78.5 Å². The van der Waals surface area contributed by atoms with Gasteiger partial charge >= 0.3 is 6.03 Å². The van der Waals surface area contributed by atoms with Gasteiger partial charge in [-0.2, -0.15) is 9.36 Å². The van der Waals surface area contributed by atoms with Gasteiger partial charge in [-0.15, -0.1) is 10.2 Å². The van der Waals surface area contributed by atoms with Gasteiger partial charge in [0.05, 0.1) is 18.1 Å². The van der Waals surface area contributed by atoms with Gasteiger partial charge in [0.2, 0.25) is 0 Å². The molecule has 1 aromatic carbocycles. The summed E-state index contributed by atoms with van der Waals surface area (Å²) in [5, 5.41) is 15.7. The average molecular weight is 310 g/mol. The molecule has 0 N–H and O–H groups in total. The fraction of sp³-hybridized carbons (Fsp3) is 0.312. The summed E-state index contributed by atoms with van der Waals surface area (Å²) in [6.07, 6.45) is 6.89. The Balaban J connectivity index is 1.99. The van der Waals surface area contributed by atoms with E-state index in [4.69, 9.17) is 0 Å². The maximum absolute atomic E-state index is 12.5. The van der Waals surface area contributed by atoms with Crippen molar-refractivity contribution in [3.05, 3.63) is 48.4 Å². The van der Waals surface area contributed by atoms with E-state index < -0.39 is 0 Å². The maximum atomic E-state index is 12.5. The van der Waals surface area contributed by atoms with Crippen molar-refractivity contribution in [2.75, 3.05) is 0 Å². The predicted molar refractivity (Wildman–Crippen MR) is 84.9 cm³/mol. The van der Waals surface area contributed by atoms with Crippen molar-refractivity contribution < 1.29 is 4.79 Å². The summed E-state index contributed by atoms with van der Waals surface area (Å²) in [5.41, 5.74) is 2.51. The third-order valence-electron chi connectivity index (χ3n) is 3.63. The Morgan fingerprint density at radius 2 is 1.96 bits per heavy atom. The smallest absolute Gasteiger partial charge is 0.243 e. The second kappa shape index (κ2) is 6.95. The summed E-state index contributed by atoms with van der Waals surface area (Å²) in [6, 6.07) is 9.41. The highest BCUT2D eigenvalue weighted by Gasteiger charge is 2.20. The van der Waals surface area contributed by atoms with Crippen LogP contribution in [0.5, 0.6) is 0 Å². The van der Waals surface area contributed by atoms with Crippen LogP contribution in [0.15, 0.2) is 42.7 Å². The van der Waals surface area contributed by atoms with E-state index in [-0.39, 0.29) is 6.03 Å². The highest BCUT2D eigenvalue weighted by Crippen LogP contribution is 2.22. The number of carbonyl (C=O) groups is 1. The van der Waals surface area contributed by atoms with Crippen molar-refractivity contribution >= 4 is 6.03 Å². The number of hydrogen-bond acceptors (Lipinski definition) is 5. The molecule has 2 aromatic heterocycles. The van der Waals surface area contributed by atoms with Crippen molar-refractivity contribution in [2.45, 2.75) is 32.6 Å². The number of aromatic nitrogens is 6. The molecule has 0 aliphatic rings. The fourth-order valence-electron chi connectivity index (χ4n) is 2.45. The minimum atomic E-state index is -0.372. The third kappa shape index (κ3) is 3.18.